The first-order chi connectivity index (χ1) is 11.3. The van der Waals surface area contributed by atoms with E-state index >= 15 is 0 Å². The number of rotatable bonds is 5. The van der Waals surface area contributed by atoms with Gasteiger partial charge in [-0.25, -0.2) is 4.68 Å². The van der Waals surface area contributed by atoms with Crippen LogP contribution in [0, 0.1) is 0 Å². The van der Waals surface area contributed by atoms with Crippen LogP contribution in [-0.4, -0.2) is 32.3 Å². The zero-order valence-corrected chi connectivity index (χ0v) is 13.3. The molecule has 2 aromatic rings. The van der Waals surface area contributed by atoms with Crippen LogP contribution >= 0.6 is 0 Å². The molecule has 2 fully saturated rings. The molecule has 0 aromatic carbocycles. The van der Waals surface area contributed by atoms with Crippen LogP contribution in [0.15, 0.2) is 41.5 Å². The fourth-order valence-corrected chi connectivity index (χ4v) is 3.43. The minimum atomic E-state index is 0.0163. The van der Waals surface area contributed by atoms with E-state index in [9.17, 15) is 4.79 Å². The quantitative estimate of drug-likeness (QED) is 0.849. The summed E-state index contributed by atoms with van der Waals surface area (Å²) in [7, 11) is 0. The van der Waals surface area contributed by atoms with Crippen molar-refractivity contribution in [3.8, 4) is 0 Å². The molecule has 120 valence electrons. The van der Waals surface area contributed by atoms with E-state index < -0.39 is 0 Å². The van der Waals surface area contributed by atoms with Crippen LogP contribution in [-0.2, 0) is 13.1 Å². The number of hydrogen-bond acceptors (Lipinski definition) is 4. The summed E-state index contributed by atoms with van der Waals surface area (Å²) < 4.78 is 1.68. The monoisotopic (exact) mass is 310 g/mol. The standard InChI is InChI=1S/C18H22N4O/c23-18-8-7-17(15-5-6-15)20-22(18)13-16-4-2-10-21(16)12-14-3-1-9-19-11-14/h1,3,7-9,11,15-16H,2,4-6,10,12-13H2. The van der Waals surface area contributed by atoms with Gasteiger partial charge in [-0.3, -0.25) is 14.7 Å². The number of likely N-dealkylation sites (tertiary alicyclic amines) is 1. The van der Waals surface area contributed by atoms with Crippen LogP contribution in [0.1, 0.15) is 42.9 Å². The van der Waals surface area contributed by atoms with Gasteiger partial charge in [0.05, 0.1) is 12.2 Å². The highest BCUT2D eigenvalue weighted by molar-refractivity contribution is 5.13. The van der Waals surface area contributed by atoms with Crippen LogP contribution in [0.5, 0.6) is 0 Å². The Morgan fingerprint density at radius 1 is 1.17 bits per heavy atom. The Kier molecular flexibility index (Phi) is 3.95. The summed E-state index contributed by atoms with van der Waals surface area (Å²) in [6.45, 7) is 2.67. The molecule has 1 atom stereocenters. The summed E-state index contributed by atoms with van der Waals surface area (Å²) in [6.07, 6.45) is 8.46. The topological polar surface area (TPSA) is 51.0 Å². The van der Waals surface area contributed by atoms with Gasteiger partial charge in [0, 0.05) is 37.0 Å². The maximum atomic E-state index is 12.1. The Bertz CT molecular complexity index is 723. The summed E-state index contributed by atoms with van der Waals surface area (Å²) >= 11 is 0. The fraction of sp³-hybridized carbons (Fsp3) is 0.500. The molecule has 23 heavy (non-hydrogen) atoms. The normalized spacial score (nSPS) is 21.7. The van der Waals surface area contributed by atoms with Gasteiger partial charge in [0.2, 0.25) is 0 Å². The van der Waals surface area contributed by atoms with Crippen molar-refractivity contribution in [1.29, 1.82) is 0 Å². The first-order valence-electron chi connectivity index (χ1n) is 8.50. The van der Waals surface area contributed by atoms with E-state index in [0.717, 1.165) is 25.2 Å². The molecule has 1 saturated heterocycles. The Morgan fingerprint density at radius 2 is 2.09 bits per heavy atom. The maximum absolute atomic E-state index is 12.1. The Hall–Kier alpha value is -2.01. The van der Waals surface area contributed by atoms with Gasteiger partial charge >= 0.3 is 0 Å². The second kappa shape index (κ2) is 6.24. The average Bonchev–Trinajstić information content (AvgIpc) is 3.33. The Labute approximate surface area is 136 Å². The van der Waals surface area contributed by atoms with Crippen molar-refractivity contribution in [2.45, 2.75) is 50.7 Å². The van der Waals surface area contributed by atoms with Crippen molar-refractivity contribution in [3.63, 3.8) is 0 Å². The molecule has 0 spiro atoms. The largest absolute Gasteiger partial charge is 0.294 e. The smallest absolute Gasteiger partial charge is 0.266 e. The molecule has 1 aliphatic heterocycles. The number of pyridine rings is 1. The Morgan fingerprint density at radius 3 is 2.87 bits per heavy atom. The molecule has 1 saturated carbocycles. The van der Waals surface area contributed by atoms with E-state index in [0.29, 0.717) is 18.5 Å². The van der Waals surface area contributed by atoms with Crippen molar-refractivity contribution in [2.24, 2.45) is 0 Å². The minimum absolute atomic E-state index is 0.0163. The van der Waals surface area contributed by atoms with E-state index in [2.05, 4.69) is 21.0 Å². The van der Waals surface area contributed by atoms with Crippen LogP contribution in [0.2, 0.25) is 0 Å². The molecule has 5 heteroatoms. The van der Waals surface area contributed by atoms with Crippen LogP contribution in [0.25, 0.3) is 0 Å². The Balaban J connectivity index is 1.49. The van der Waals surface area contributed by atoms with Crippen LogP contribution in [0.4, 0.5) is 0 Å². The number of aromatic nitrogens is 3. The lowest BCUT2D eigenvalue weighted by Crippen LogP contribution is -2.36. The van der Waals surface area contributed by atoms with E-state index in [1.54, 1.807) is 16.9 Å². The summed E-state index contributed by atoms with van der Waals surface area (Å²) in [5.74, 6) is 0.580. The van der Waals surface area contributed by atoms with Gasteiger partial charge in [0.1, 0.15) is 0 Å². The van der Waals surface area contributed by atoms with Gasteiger partial charge in [-0.2, -0.15) is 5.10 Å². The molecule has 2 aromatic heterocycles. The van der Waals surface area contributed by atoms with Gasteiger partial charge in [0.15, 0.2) is 0 Å². The molecule has 0 radical (unpaired) electrons. The summed E-state index contributed by atoms with van der Waals surface area (Å²) in [6, 6.07) is 8.06. The highest BCUT2D eigenvalue weighted by Crippen LogP contribution is 2.38. The highest BCUT2D eigenvalue weighted by atomic mass is 16.1. The minimum Gasteiger partial charge on any atom is -0.294 e. The molecule has 0 bridgehead atoms. The lowest BCUT2D eigenvalue weighted by Gasteiger charge is -2.24. The molecule has 4 rings (SSSR count). The first-order valence-corrected chi connectivity index (χ1v) is 8.50. The lowest BCUT2D eigenvalue weighted by molar-refractivity contribution is 0.216. The number of hydrogen-bond donors (Lipinski definition) is 0. The second-order valence-corrected chi connectivity index (χ2v) is 6.68. The number of nitrogens with zero attached hydrogens (tertiary/aromatic N) is 4. The predicted molar refractivity (Wildman–Crippen MR) is 88.1 cm³/mol. The van der Waals surface area contributed by atoms with Crippen molar-refractivity contribution in [2.75, 3.05) is 6.54 Å². The highest BCUT2D eigenvalue weighted by Gasteiger charge is 2.28. The second-order valence-electron chi connectivity index (χ2n) is 6.68. The van der Waals surface area contributed by atoms with Crippen molar-refractivity contribution < 1.29 is 0 Å². The maximum Gasteiger partial charge on any atom is 0.266 e. The molecular formula is C18H22N4O. The zero-order valence-electron chi connectivity index (χ0n) is 13.3. The zero-order chi connectivity index (χ0) is 15.6. The molecule has 0 amide bonds. The summed E-state index contributed by atoms with van der Waals surface area (Å²) in [5.41, 5.74) is 2.33. The van der Waals surface area contributed by atoms with Crippen molar-refractivity contribution in [1.82, 2.24) is 19.7 Å². The predicted octanol–water partition coefficient (Wildman–Crippen LogP) is 2.18. The van der Waals surface area contributed by atoms with Gasteiger partial charge in [-0.05, 0) is 49.9 Å². The third kappa shape index (κ3) is 3.34. The molecule has 5 nitrogen and oxygen atoms in total. The molecular weight excluding hydrogens is 288 g/mol. The SMILES string of the molecule is O=c1ccc(C2CC2)nn1CC1CCCN1Cc1cccnc1. The lowest BCUT2D eigenvalue weighted by atomic mass is 10.2. The van der Waals surface area contributed by atoms with Crippen molar-refractivity contribution >= 4 is 0 Å². The van der Waals surface area contributed by atoms with Crippen LogP contribution < -0.4 is 5.56 Å². The van der Waals surface area contributed by atoms with Gasteiger partial charge in [-0.1, -0.05) is 6.07 Å². The van der Waals surface area contributed by atoms with Gasteiger partial charge in [-0.15, -0.1) is 0 Å². The molecule has 0 N–H and O–H groups in total. The third-order valence-electron chi connectivity index (χ3n) is 4.87. The molecule has 3 heterocycles. The molecule has 1 aliphatic carbocycles. The van der Waals surface area contributed by atoms with E-state index in [4.69, 9.17) is 0 Å². The fourth-order valence-electron chi connectivity index (χ4n) is 3.43. The average molecular weight is 310 g/mol. The molecule has 1 unspecified atom stereocenters. The van der Waals surface area contributed by atoms with Crippen LogP contribution in [0.3, 0.4) is 0 Å². The first kappa shape index (κ1) is 14.6. The summed E-state index contributed by atoms with van der Waals surface area (Å²) in [4.78, 5) is 18.8. The van der Waals surface area contributed by atoms with Gasteiger partial charge < -0.3 is 0 Å². The van der Waals surface area contributed by atoms with E-state index in [1.807, 2.05) is 18.3 Å². The van der Waals surface area contributed by atoms with E-state index in [1.165, 1.54) is 24.8 Å². The third-order valence-corrected chi connectivity index (χ3v) is 4.87. The summed E-state index contributed by atoms with van der Waals surface area (Å²) in [5, 5.41) is 4.60. The molecule has 2 aliphatic rings. The van der Waals surface area contributed by atoms with Gasteiger partial charge in [0.25, 0.3) is 5.56 Å². The van der Waals surface area contributed by atoms with Crippen molar-refractivity contribution in [3.05, 3.63) is 58.3 Å². The van der Waals surface area contributed by atoms with E-state index in [-0.39, 0.29) is 5.56 Å².